The molecule has 3 rings (SSSR count). The van der Waals surface area contributed by atoms with Gasteiger partial charge in [0.05, 0.1) is 13.3 Å². The molecule has 0 bridgehead atoms. The first kappa shape index (κ1) is 23.5. The van der Waals surface area contributed by atoms with Gasteiger partial charge in [0.25, 0.3) is 5.56 Å². The molecule has 1 heterocycles. The van der Waals surface area contributed by atoms with Crippen molar-refractivity contribution in [2.75, 3.05) is 7.11 Å². The maximum absolute atomic E-state index is 13.8. The summed E-state index contributed by atoms with van der Waals surface area (Å²) < 4.78 is 24.7. The summed E-state index contributed by atoms with van der Waals surface area (Å²) in [5.41, 5.74) is 3.10. The number of nitrogens with zero attached hydrogens (tertiary/aromatic N) is 1. The van der Waals surface area contributed by atoms with E-state index in [1.807, 2.05) is 0 Å². The molecule has 0 radical (unpaired) electrons. The summed E-state index contributed by atoms with van der Waals surface area (Å²) in [6.45, 7) is 1.64. The van der Waals surface area contributed by atoms with Crippen LogP contribution in [0.25, 0.3) is 0 Å². The normalized spacial score (nSPS) is 10.9. The number of halogens is 1. The van der Waals surface area contributed by atoms with Gasteiger partial charge in [0.2, 0.25) is 5.91 Å². The van der Waals surface area contributed by atoms with E-state index in [1.54, 1.807) is 43.3 Å². The van der Waals surface area contributed by atoms with E-state index in [9.17, 15) is 18.8 Å². The van der Waals surface area contributed by atoms with Crippen LogP contribution in [0, 0.1) is 12.7 Å². The number of aromatic amines is 2. The van der Waals surface area contributed by atoms with Crippen molar-refractivity contribution in [2.24, 2.45) is 5.10 Å². The fourth-order valence-corrected chi connectivity index (χ4v) is 3.05. The van der Waals surface area contributed by atoms with Gasteiger partial charge < -0.3 is 14.5 Å². The van der Waals surface area contributed by atoms with Crippen LogP contribution in [0.1, 0.15) is 28.8 Å². The third-order valence-corrected chi connectivity index (χ3v) is 4.79. The molecule has 0 unspecified atom stereocenters. The van der Waals surface area contributed by atoms with E-state index in [4.69, 9.17) is 9.47 Å². The summed E-state index contributed by atoms with van der Waals surface area (Å²) in [7, 11) is 1.48. The van der Waals surface area contributed by atoms with Gasteiger partial charge in [-0.3, -0.25) is 14.6 Å². The van der Waals surface area contributed by atoms with Gasteiger partial charge in [-0.1, -0.05) is 18.2 Å². The van der Waals surface area contributed by atoms with E-state index < -0.39 is 17.2 Å². The number of rotatable bonds is 9. The predicted octanol–water partition coefficient (Wildman–Crippen LogP) is 2.18. The van der Waals surface area contributed by atoms with Crippen molar-refractivity contribution in [1.29, 1.82) is 0 Å². The zero-order valence-electron chi connectivity index (χ0n) is 18.1. The SMILES string of the molecule is COc1cc(/C=N/NC(=O)CCc2c(C)[nH]c(=O)[nH]c2=O)ccc1OCc1ccccc1F. The van der Waals surface area contributed by atoms with Crippen molar-refractivity contribution in [3.63, 3.8) is 0 Å². The van der Waals surface area contributed by atoms with Crippen LogP contribution in [-0.4, -0.2) is 29.2 Å². The lowest BCUT2D eigenvalue weighted by Crippen LogP contribution is -2.28. The number of ether oxygens (including phenoxy) is 2. The maximum atomic E-state index is 13.8. The van der Waals surface area contributed by atoms with Crippen LogP contribution in [0.3, 0.4) is 0 Å². The van der Waals surface area contributed by atoms with E-state index in [-0.39, 0.29) is 25.3 Å². The largest absolute Gasteiger partial charge is 0.493 e. The van der Waals surface area contributed by atoms with Crippen LogP contribution >= 0.6 is 0 Å². The molecule has 0 saturated carbocycles. The topological polar surface area (TPSA) is 126 Å². The number of hydrogen-bond acceptors (Lipinski definition) is 6. The number of carbonyl (C=O) groups excluding carboxylic acids is 1. The number of H-pyrrole nitrogens is 2. The van der Waals surface area contributed by atoms with Gasteiger partial charge in [-0.2, -0.15) is 5.10 Å². The fraction of sp³-hybridized carbons (Fsp3) is 0.217. The second kappa shape index (κ2) is 10.9. The molecule has 0 saturated heterocycles. The van der Waals surface area contributed by atoms with Gasteiger partial charge in [0.15, 0.2) is 11.5 Å². The Morgan fingerprint density at radius 2 is 1.94 bits per heavy atom. The fourth-order valence-electron chi connectivity index (χ4n) is 3.05. The zero-order valence-corrected chi connectivity index (χ0v) is 18.1. The minimum Gasteiger partial charge on any atom is -0.493 e. The molecule has 10 heteroatoms. The highest BCUT2D eigenvalue weighted by Crippen LogP contribution is 2.28. The quantitative estimate of drug-likeness (QED) is 0.338. The lowest BCUT2D eigenvalue weighted by atomic mass is 10.1. The van der Waals surface area contributed by atoms with Crippen LogP contribution < -0.4 is 26.1 Å². The number of nitrogens with one attached hydrogen (secondary N) is 3. The molecule has 3 aromatic rings. The summed E-state index contributed by atoms with van der Waals surface area (Å²) in [5, 5.41) is 3.91. The highest BCUT2D eigenvalue weighted by Gasteiger charge is 2.10. The first-order valence-electron chi connectivity index (χ1n) is 10.1. The number of carbonyl (C=O) groups is 1. The minimum atomic E-state index is -0.589. The minimum absolute atomic E-state index is 0.0133. The Morgan fingerprint density at radius 3 is 2.67 bits per heavy atom. The van der Waals surface area contributed by atoms with Crippen molar-refractivity contribution in [2.45, 2.75) is 26.4 Å². The van der Waals surface area contributed by atoms with Crippen LogP contribution in [0.2, 0.25) is 0 Å². The number of methoxy groups -OCH3 is 1. The van der Waals surface area contributed by atoms with Gasteiger partial charge in [-0.05, 0) is 43.2 Å². The van der Waals surface area contributed by atoms with E-state index >= 15 is 0 Å². The molecule has 1 aromatic heterocycles. The first-order chi connectivity index (χ1) is 15.9. The van der Waals surface area contributed by atoms with Gasteiger partial charge in [-0.25, -0.2) is 14.6 Å². The smallest absolute Gasteiger partial charge is 0.325 e. The number of aryl methyl sites for hydroxylation is 1. The van der Waals surface area contributed by atoms with Gasteiger partial charge in [0, 0.05) is 23.2 Å². The Hall–Kier alpha value is -4.21. The molecular weight excluding hydrogens is 431 g/mol. The van der Waals surface area contributed by atoms with Crippen molar-refractivity contribution in [1.82, 2.24) is 15.4 Å². The van der Waals surface area contributed by atoms with Crippen LogP contribution in [0.5, 0.6) is 11.5 Å². The number of benzene rings is 2. The lowest BCUT2D eigenvalue weighted by molar-refractivity contribution is -0.121. The molecule has 0 spiro atoms. The van der Waals surface area contributed by atoms with Gasteiger partial charge >= 0.3 is 5.69 Å². The molecule has 0 atom stereocenters. The number of hydrogen-bond donors (Lipinski definition) is 3. The Kier molecular flexibility index (Phi) is 7.74. The average molecular weight is 454 g/mol. The molecule has 9 nitrogen and oxygen atoms in total. The molecule has 0 aliphatic rings. The second-order valence-electron chi connectivity index (χ2n) is 7.10. The van der Waals surface area contributed by atoms with Crippen molar-refractivity contribution < 1.29 is 18.7 Å². The summed E-state index contributed by atoms with van der Waals surface area (Å²) >= 11 is 0. The lowest BCUT2D eigenvalue weighted by Gasteiger charge is -2.11. The van der Waals surface area contributed by atoms with E-state index in [1.165, 1.54) is 19.4 Å². The van der Waals surface area contributed by atoms with Crippen molar-refractivity contribution in [3.05, 3.63) is 91.5 Å². The summed E-state index contributed by atoms with van der Waals surface area (Å²) in [4.78, 5) is 39.7. The molecule has 2 aromatic carbocycles. The highest BCUT2D eigenvalue weighted by atomic mass is 19.1. The van der Waals surface area contributed by atoms with Crippen LogP contribution in [-0.2, 0) is 17.8 Å². The Balaban J connectivity index is 1.56. The van der Waals surface area contributed by atoms with Crippen molar-refractivity contribution >= 4 is 12.1 Å². The standard InChI is InChI=1S/C23H23FN4O5/c1-14-17(22(30)27-23(31)26-14)8-10-21(29)28-25-12-15-7-9-19(20(11-15)32-2)33-13-16-5-3-4-6-18(16)24/h3-7,9,11-12H,8,10,13H2,1-2H3,(H,28,29)(H2,26,27,30,31)/b25-12+. The summed E-state index contributed by atoms with van der Waals surface area (Å²) in [6, 6.07) is 11.4. The molecule has 0 aliphatic carbocycles. The molecule has 1 amide bonds. The van der Waals surface area contributed by atoms with Crippen molar-refractivity contribution in [3.8, 4) is 11.5 Å². The zero-order chi connectivity index (χ0) is 23.8. The highest BCUT2D eigenvalue weighted by molar-refractivity contribution is 5.83. The molecule has 3 N–H and O–H groups in total. The van der Waals surface area contributed by atoms with E-state index in [0.29, 0.717) is 33.9 Å². The van der Waals surface area contributed by atoms with E-state index in [0.717, 1.165) is 0 Å². The predicted molar refractivity (Wildman–Crippen MR) is 120 cm³/mol. The third-order valence-electron chi connectivity index (χ3n) is 4.79. The third kappa shape index (κ3) is 6.39. The number of hydrazone groups is 1. The molecule has 33 heavy (non-hydrogen) atoms. The molecule has 0 fully saturated rings. The Morgan fingerprint density at radius 1 is 1.15 bits per heavy atom. The summed E-state index contributed by atoms with van der Waals surface area (Å²) in [6.07, 6.45) is 1.60. The second-order valence-corrected chi connectivity index (χ2v) is 7.10. The molecule has 0 aliphatic heterocycles. The van der Waals surface area contributed by atoms with Gasteiger partial charge in [0.1, 0.15) is 12.4 Å². The van der Waals surface area contributed by atoms with Crippen LogP contribution in [0.4, 0.5) is 4.39 Å². The van der Waals surface area contributed by atoms with Gasteiger partial charge in [-0.15, -0.1) is 0 Å². The van der Waals surface area contributed by atoms with E-state index in [2.05, 4.69) is 20.5 Å². The number of amides is 1. The molecule has 172 valence electrons. The Bertz CT molecular complexity index is 1280. The average Bonchev–Trinajstić information content (AvgIpc) is 2.78. The number of aromatic nitrogens is 2. The first-order valence-corrected chi connectivity index (χ1v) is 10.1. The maximum Gasteiger partial charge on any atom is 0.325 e. The van der Waals surface area contributed by atoms with Crippen LogP contribution in [0.15, 0.2) is 57.2 Å². The molecular formula is C23H23FN4O5. The summed E-state index contributed by atoms with van der Waals surface area (Å²) in [5.74, 6) is 0.113. The monoisotopic (exact) mass is 454 g/mol. The Labute approximate surface area is 188 Å².